The van der Waals surface area contributed by atoms with Crippen molar-refractivity contribution in [1.29, 1.82) is 0 Å². The SMILES string of the molecule is CCOc1cc(/C=C2\SC(=O)N(CC(=O)Nc3ccc(C)cc3)C2=O)ccc1OCCOc1ccc(C(C)(C)C)cc1. The normalized spacial score (nSPS) is 14.3. The molecule has 3 amide bonds. The van der Waals surface area contributed by atoms with Crippen molar-refractivity contribution in [3.05, 3.63) is 88.3 Å². The van der Waals surface area contributed by atoms with Crippen molar-refractivity contribution in [3.8, 4) is 17.2 Å². The van der Waals surface area contributed by atoms with Crippen molar-refractivity contribution >= 4 is 40.6 Å². The van der Waals surface area contributed by atoms with Gasteiger partial charge in [-0.15, -0.1) is 0 Å². The van der Waals surface area contributed by atoms with Crippen molar-refractivity contribution in [2.75, 3.05) is 31.7 Å². The van der Waals surface area contributed by atoms with E-state index in [4.69, 9.17) is 14.2 Å². The van der Waals surface area contributed by atoms with Gasteiger partial charge in [0.1, 0.15) is 25.5 Å². The summed E-state index contributed by atoms with van der Waals surface area (Å²) < 4.78 is 17.5. The number of aryl methyl sites for hydroxylation is 1. The third-order valence-corrected chi connectivity index (χ3v) is 7.31. The molecule has 9 heteroatoms. The van der Waals surface area contributed by atoms with E-state index in [0.717, 1.165) is 28.0 Å². The number of nitrogens with one attached hydrogen (secondary N) is 1. The average Bonchev–Trinajstić information content (AvgIpc) is 3.20. The first-order valence-electron chi connectivity index (χ1n) is 13.8. The number of rotatable bonds is 11. The summed E-state index contributed by atoms with van der Waals surface area (Å²) in [5.41, 5.74) is 3.64. The fourth-order valence-corrected chi connectivity index (χ4v) is 4.97. The summed E-state index contributed by atoms with van der Waals surface area (Å²) in [7, 11) is 0. The van der Waals surface area contributed by atoms with Crippen LogP contribution >= 0.6 is 11.8 Å². The molecule has 1 aliphatic rings. The summed E-state index contributed by atoms with van der Waals surface area (Å²) in [5, 5.41) is 2.22. The Hall–Kier alpha value is -4.24. The van der Waals surface area contributed by atoms with E-state index in [9.17, 15) is 14.4 Å². The van der Waals surface area contributed by atoms with Crippen molar-refractivity contribution < 1.29 is 28.6 Å². The molecule has 0 spiro atoms. The zero-order valence-corrected chi connectivity index (χ0v) is 25.4. The van der Waals surface area contributed by atoms with Crippen LogP contribution in [0, 0.1) is 6.92 Å². The van der Waals surface area contributed by atoms with Gasteiger partial charge in [-0.25, -0.2) is 0 Å². The number of carbonyl (C=O) groups excluding carboxylic acids is 3. The number of nitrogens with zero attached hydrogens (tertiary/aromatic N) is 1. The van der Waals surface area contributed by atoms with Crippen molar-refractivity contribution in [1.82, 2.24) is 4.90 Å². The summed E-state index contributed by atoms with van der Waals surface area (Å²) in [4.78, 5) is 39.1. The zero-order chi connectivity index (χ0) is 30.3. The highest BCUT2D eigenvalue weighted by Gasteiger charge is 2.36. The number of anilines is 1. The van der Waals surface area contributed by atoms with E-state index < -0.39 is 17.1 Å². The van der Waals surface area contributed by atoms with Gasteiger partial charge in [-0.3, -0.25) is 19.3 Å². The molecule has 1 fully saturated rings. The first-order valence-corrected chi connectivity index (χ1v) is 14.6. The molecule has 1 aliphatic heterocycles. The highest BCUT2D eigenvalue weighted by molar-refractivity contribution is 8.18. The minimum atomic E-state index is -0.518. The lowest BCUT2D eigenvalue weighted by molar-refractivity contribution is -0.127. The number of thioether (sulfide) groups is 1. The minimum Gasteiger partial charge on any atom is -0.490 e. The Labute approximate surface area is 251 Å². The van der Waals surface area contributed by atoms with E-state index in [1.165, 1.54) is 5.56 Å². The van der Waals surface area contributed by atoms with Gasteiger partial charge in [0.2, 0.25) is 5.91 Å². The first kappa shape index (κ1) is 30.7. The van der Waals surface area contributed by atoms with Crippen LogP contribution in [-0.4, -0.2) is 48.3 Å². The smallest absolute Gasteiger partial charge is 0.294 e. The van der Waals surface area contributed by atoms with Crippen LogP contribution in [0.3, 0.4) is 0 Å². The van der Waals surface area contributed by atoms with Crippen LogP contribution in [0.15, 0.2) is 71.6 Å². The second-order valence-corrected chi connectivity index (χ2v) is 11.8. The number of imide groups is 1. The molecule has 8 nitrogen and oxygen atoms in total. The van der Waals surface area contributed by atoms with Gasteiger partial charge in [-0.1, -0.05) is 56.7 Å². The second kappa shape index (κ2) is 13.6. The Morgan fingerprint density at radius 3 is 2.26 bits per heavy atom. The molecule has 1 N–H and O–H groups in total. The molecule has 1 heterocycles. The number of hydrogen-bond acceptors (Lipinski definition) is 7. The zero-order valence-electron chi connectivity index (χ0n) is 24.6. The number of hydrogen-bond donors (Lipinski definition) is 1. The molecule has 0 bridgehead atoms. The summed E-state index contributed by atoms with van der Waals surface area (Å²) in [6.07, 6.45) is 1.61. The maximum absolute atomic E-state index is 13.0. The summed E-state index contributed by atoms with van der Waals surface area (Å²) in [6, 6.07) is 20.6. The predicted molar refractivity (Wildman–Crippen MR) is 166 cm³/mol. The lowest BCUT2D eigenvalue weighted by atomic mass is 9.87. The monoisotopic (exact) mass is 588 g/mol. The van der Waals surface area contributed by atoms with Crippen molar-refractivity contribution in [3.63, 3.8) is 0 Å². The Kier molecular flexibility index (Phi) is 9.96. The molecule has 1 saturated heterocycles. The van der Waals surface area contributed by atoms with Gasteiger partial charge >= 0.3 is 0 Å². The highest BCUT2D eigenvalue weighted by Crippen LogP contribution is 2.35. The largest absolute Gasteiger partial charge is 0.490 e. The first-order chi connectivity index (χ1) is 20.0. The molecular weight excluding hydrogens is 552 g/mol. The molecule has 0 atom stereocenters. The van der Waals surface area contributed by atoms with Gasteiger partial charge in [0.25, 0.3) is 11.1 Å². The second-order valence-electron chi connectivity index (χ2n) is 10.8. The molecule has 4 rings (SSSR count). The number of ether oxygens (including phenoxy) is 3. The fraction of sp³-hybridized carbons (Fsp3) is 0.303. The lowest BCUT2D eigenvalue weighted by Crippen LogP contribution is -2.36. The summed E-state index contributed by atoms with van der Waals surface area (Å²) in [5.74, 6) is 0.857. The van der Waals surface area contributed by atoms with Gasteiger partial charge < -0.3 is 19.5 Å². The maximum atomic E-state index is 13.0. The van der Waals surface area contributed by atoms with Crippen LogP contribution in [0.2, 0.25) is 0 Å². The van der Waals surface area contributed by atoms with Crippen LogP contribution in [0.5, 0.6) is 17.2 Å². The van der Waals surface area contributed by atoms with E-state index in [1.54, 1.807) is 36.4 Å². The molecular formula is C33H36N2O6S. The Morgan fingerprint density at radius 1 is 0.905 bits per heavy atom. The van der Waals surface area contributed by atoms with Crippen LogP contribution in [0.1, 0.15) is 44.4 Å². The Bertz CT molecular complexity index is 1460. The molecule has 3 aromatic carbocycles. The fourth-order valence-electron chi connectivity index (χ4n) is 4.13. The van der Waals surface area contributed by atoms with Gasteiger partial charge in [0.15, 0.2) is 11.5 Å². The highest BCUT2D eigenvalue weighted by atomic mass is 32.2. The van der Waals surface area contributed by atoms with E-state index >= 15 is 0 Å². The molecule has 3 aromatic rings. The predicted octanol–water partition coefficient (Wildman–Crippen LogP) is 6.82. The van der Waals surface area contributed by atoms with Crippen LogP contribution < -0.4 is 19.5 Å². The summed E-state index contributed by atoms with van der Waals surface area (Å²) in [6.45, 7) is 11.0. The van der Waals surface area contributed by atoms with Gasteiger partial charge in [-0.05, 0) is 84.6 Å². The average molecular weight is 589 g/mol. The number of benzene rings is 3. The van der Waals surface area contributed by atoms with Gasteiger partial charge in [0.05, 0.1) is 11.5 Å². The molecule has 0 aromatic heterocycles. The molecule has 0 unspecified atom stereocenters. The van der Waals surface area contributed by atoms with E-state index in [0.29, 0.717) is 42.6 Å². The standard InChI is InChI=1S/C33H36N2O6S/c1-6-39-28-19-23(9-16-27(28)41-18-17-40-26-14-10-24(11-15-26)33(3,4)5)20-29-31(37)35(32(38)42-29)21-30(36)34-25-12-7-22(2)8-13-25/h7-16,19-20H,6,17-18,21H2,1-5H3,(H,34,36)/b29-20-. The van der Waals surface area contributed by atoms with E-state index in [2.05, 4.69) is 38.2 Å². The number of carbonyl (C=O) groups is 3. The van der Waals surface area contributed by atoms with Crippen LogP contribution in [0.25, 0.3) is 6.08 Å². The Morgan fingerprint density at radius 2 is 1.60 bits per heavy atom. The topological polar surface area (TPSA) is 94.2 Å². The third kappa shape index (κ3) is 8.16. The minimum absolute atomic E-state index is 0.0798. The number of amides is 3. The van der Waals surface area contributed by atoms with E-state index in [1.807, 2.05) is 38.1 Å². The quantitative estimate of drug-likeness (QED) is 0.194. The van der Waals surface area contributed by atoms with Crippen molar-refractivity contribution in [2.45, 2.75) is 40.0 Å². The van der Waals surface area contributed by atoms with E-state index in [-0.39, 0.29) is 16.9 Å². The lowest BCUT2D eigenvalue weighted by Gasteiger charge is -2.19. The molecule has 0 aliphatic carbocycles. The summed E-state index contributed by atoms with van der Waals surface area (Å²) >= 11 is 0.797. The van der Waals surface area contributed by atoms with Crippen LogP contribution in [-0.2, 0) is 15.0 Å². The Balaban J connectivity index is 1.35. The van der Waals surface area contributed by atoms with Crippen molar-refractivity contribution in [2.24, 2.45) is 0 Å². The molecule has 220 valence electrons. The molecule has 0 radical (unpaired) electrons. The molecule has 0 saturated carbocycles. The van der Waals surface area contributed by atoms with Gasteiger partial charge in [-0.2, -0.15) is 0 Å². The molecule has 42 heavy (non-hydrogen) atoms. The van der Waals surface area contributed by atoms with Crippen LogP contribution in [0.4, 0.5) is 10.5 Å². The maximum Gasteiger partial charge on any atom is 0.294 e. The third-order valence-electron chi connectivity index (χ3n) is 6.41. The van der Waals surface area contributed by atoms with Gasteiger partial charge in [0, 0.05) is 5.69 Å².